The highest BCUT2D eigenvalue weighted by atomic mass is 32.2. The third-order valence-corrected chi connectivity index (χ3v) is 4.16. The van der Waals surface area contributed by atoms with Crippen LogP contribution in [-0.4, -0.2) is 23.0 Å². The summed E-state index contributed by atoms with van der Waals surface area (Å²) >= 11 is 1.92. The minimum Gasteiger partial charge on any atom is -0.379 e. The normalized spacial score (nSPS) is 18.3. The zero-order chi connectivity index (χ0) is 13.0. The fraction of sp³-hybridized carbons (Fsp3) is 0.417. The van der Waals surface area contributed by atoms with Crippen LogP contribution in [0.1, 0.15) is 12.0 Å². The van der Waals surface area contributed by atoms with Gasteiger partial charge in [-0.1, -0.05) is 0 Å². The predicted octanol–water partition coefficient (Wildman–Crippen LogP) is 2.63. The lowest BCUT2D eigenvalue weighted by Gasteiger charge is -2.11. The first-order valence-corrected chi connectivity index (χ1v) is 6.86. The van der Waals surface area contributed by atoms with E-state index in [0.717, 1.165) is 18.7 Å². The van der Waals surface area contributed by atoms with Gasteiger partial charge in [-0.15, -0.1) is 0 Å². The Balaban J connectivity index is 2.11. The van der Waals surface area contributed by atoms with Gasteiger partial charge in [-0.05, 0) is 36.0 Å². The van der Waals surface area contributed by atoms with Crippen molar-refractivity contribution < 1.29 is 4.92 Å². The first-order valence-electron chi connectivity index (χ1n) is 5.71. The maximum atomic E-state index is 10.9. The van der Waals surface area contributed by atoms with Gasteiger partial charge in [0.15, 0.2) is 0 Å². The lowest BCUT2D eigenvalue weighted by atomic mass is 10.1. The Kier molecular flexibility index (Phi) is 4.05. The van der Waals surface area contributed by atoms with Crippen molar-refractivity contribution in [3.8, 4) is 6.07 Å². The molecule has 1 atom stereocenters. The topological polar surface area (TPSA) is 79.0 Å². The quantitative estimate of drug-likeness (QED) is 0.667. The Morgan fingerprint density at radius 2 is 2.44 bits per heavy atom. The molecule has 5 nitrogen and oxygen atoms in total. The van der Waals surface area contributed by atoms with Crippen LogP contribution >= 0.6 is 11.8 Å². The molecule has 0 aliphatic carbocycles. The van der Waals surface area contributed by atoms with Gasteiger partial charge >= 0.3 is 0 Å². The number of nitro benzene ring substituents is 1. The molecule has 0 bridgehead atoms. The van der Waals surface area contributed by atoms with Crippen LogP contribution in [0.25, 0.3) is 0 Å². The summed E-state index contributed by atoms with van der Waals surface area (Å²) in [4.78, 5) is 10.5. The highest BCUT2D eigenvalue weighted by Gasteiger charge is 2.18. The van der Waals surface area contributed by atoms with E-state index in [4.69, 9.17) is 5.26 Å². The third kappa shape index (κ3) is 2.93. The first kappa shape index (κ1) is 12.7. The molecule has 18 heavy (non-hydrogen) atoms. The summed E-state index contributed by atoms with van der Waals surface area (Å²) < 4.78 is 0. The van der Waals surface area contributed by atoms with Crippen molar-refractivity contribution in [2.24, 2.45) is 5.92 Å². The molecular formula is C12H13N3O2S. The zero-order valence-corrected chi connectivity index (χ0v) is 10.6. The zero-order valence-electron chi connectivity index (χ0n) is 9.76. The number of hydrogen-bond donors (Lipinski definition) is 1. The minimum absolute atomic E-state index is 0.0281. The fourth-order valence-corrected chi connectivity index (χ4v) is 3.18. The van der Waals surface area contributed by atoms with Crippen LogP contribution in [0.15, 0.2) is 18.2 Å². The average molecular weight is 263 g/mol. The molecule has 1 aliphatic rings. The molecule has 0 spiro atoms. The van der Waals surface area contributed by atoms with Crippen LogP contribution in [0.4, 0.5) is 11.4 Å². The maximum absolute atomic E-state index is 10.9. The van der Waals surface area contributed by atoms with E-state index in [-0.39, 0.29) is 5.69 Å². The van der Waals surface area contributed by atoms with Crippen molar-refractivity contribution in [2.45, 2.75) is 6.42 Å². The second-order valence-electron chi connectivity index (χ2n) is 4.21. The Bertz CT molecular complexity index is 493. The Labute approximate surface area is 109 Å². The molecule has 1 unspecified atom stereocenters. The van der Waals surface area contributed by atoms with Gasteiger partial charge in [-0.2, -0.15) is 17.0 Å². The van der Waals surface area contributed by atoms with E-state index in [1.807, 2.05) is 17.8 Å². The molecule has 1 fully saturated rings. The third-order valence-electron chi connectivity index (χ3n) is 2.93. The summed E-state index contributed by atoms with van der Waals surface area (Å²) in [5.74, 6) is 2.85. The highest BCUT2D eigenvalue weighted by Crippen LogP contribution is 2.28. The number of hydrogen-bond acceptors (Lipinski definition) is 5. The smallest absolute Gasteiger partial charge is 0.293 e. The van der Waals surface area contributed by atoms with E-state index < -0.39 is 4.92 Å². The van der Waals surface area contributed by atoms with E-state index in [9.17, 15) is 10.1 Å². The average Bonchev–Trinajstić information content (AvgIpc) is 2.89. The number of anilines is 1. The van der Waals surface area contributed by atoms with Gasteiger partial charge in [0.2, 0.25) is 0 Å². The number of benzene rings is 1. The molecule has 0 radical (unpaired) electrons. The van der Waals surface area contributed by atoms with Gasteiger partial charge < -0.3 is 5.32 Å². The van der Waals surface area contributed by atoms with Crippen molar-refractivity contribution in [3.05, 3.63) is 33.9 Å². The number of rotatable bonds is 4. The molecule has 0 saturated carbocycles. The standard InChI is InChI=1S/C12H13N3O2S/c13-6-9-1-2-11(12(5-9)15(16)17)14-7-10-3-4-18-8-10/h1-2,5,10,14H,3-4,7-8H2. The summed E-state index contributed by atoms with van der Waals surface area (Å²) in [5.41, 5.74) is 0.777. The number of thioether (sulfide) groups is 1. The van der Waals surface area contributed by atoms with Gasteiger partial charge in [-0.3, -0.25) is 10.1 Å². The van der Waals surface area contributed by atoms with Gasteiger partial charge in [0.25, 0.3) is 5.69 Å². The largest absolute Gasteiger partial charge is 0.379 e. The summed E-state index contributed by atoms with van der Waals surface area (Å²) in [6.07, 6.45) is 1.15. The van der Waals surface area contributed by atoms with Crippen LogP contribution in [-0.2, 0) is 0 Å². The summed E-state index contributed by atoms with van der Waals surface area (Å²) in [6, 6.07) is 6.43. The molecule has 1 N–H and O–H groups in total. The second kappa shape index (κ2) is 5.74. The summed E-state index contributed by atoms with van der Waals surface area (Å²) in [6.45, 7) is 0.750. The van der Waals surface area contributed by atoms with Crippen LogP contribution in [0.2, 0.25) is 0 Å². The van der Waals surface area contributed by atoms with Crippen LogP contribution in [0, 0.1) is 27.4 Å². The molecule has 0 amide bonds. The van der Waals surface area contributed by atoms with Gasteiger partial charge in [0, 0.05) is 12.6 Å². The molecule has 1 saturated heterocycles. The van der Waals surface area contributed by atoms with E-state index in [1.54, 1.807) is 12.1 Å². The predicted molar refractivity (Wildman–Crippen MR) is 71.7 cm³/mol. The van der Waals surface area contributed by atoms with Crippen molar-refractivity contribution >= 4 is 23.1 Å². The Morgan fingerprint density at radius 1 is 1.61 bits per heavy atom. The van der Waals surface area contributed by atoms with E-state index in [0.29, 0.717) is 17.2 Å². The number of nitriles is 1. The van der Waals surface area contributed by atoms with Crippen molar-refractivity contribution in [1.82, 2.24) is 0 Å². The number of nitrogens with one attached hydrogen (secondary N) is 1. The van der Waals surface area contributed by atoms with Crippen LogP contribution < -0.4 is 5.32 Å². The SMILES string of the molecule is N#Cc1ccc(NCC2CCSC2)c([N+](=O)[O-])c1. The van der Waals surface area contributed by atoms with Crippen molar-refractivity contribution in [3.63, 3.8) is 0 Å². The summed E-state index contributed by atoms with van der Waals surface area (Å²) in [7, 11) is 0. The summed E-state index contributed by atoms with van der Waals surface area (Å²) in [5, 5.41) is 22.8. The van der Waals surface area contributed by atoms with Gasteiger partial charge in [0.05, 0.1) is 16.6 Å². The molecule has 1 aromatic rings. The maximum Gasteiger partial charge on any atom is 0.293 e. The van der Waals surface area contributed by atoms with Gasteiger partial charge in [0.1, 0.15) is 5.69 Å². The molecule has 1 aliphatic heterocycles. The molecule has 0 aromatic heterocycles. The molecule has 1 aromatic carbocycles. The van der Waals surface area contributed by atoms with Crippen molar-refractivity contribution in [2.75, 3.05) is 23.4 Å². The molecule has 2 rings (SSSR count). The van der Waals surface area contributed by atoms with E-state index in [2.05, 4.69) is 5.32 Å². The lowest BCUT2D eigenvalue weighted by molar-refractivity contribution is -0.384. The fourth-order valence-electron chi connectivity index (χ4n) is 1.90. The van der Waals surface area contributed by atoms with Crippen LogP contribution in [0.5, 0.6) is 0 Å². The molecular weight excluding hydrogens is 250 g/mol. The van der Waals surface area contributed by atoms with Gasteiger partial charge in [-0.25, -0.2) is 0 Å². The molecule has 1 heterocycles. The monoisotopic (exact) mass is 263 g/mol. The van der Waals surface area contributed by atoms with Crippen LogP contribution in [0.3, 0.4) is 0 Å². The van der Waals surface area contributed by atoms with E-state index >= 15 is 0 Å². The van der Waals surface area contributed by atoms with Crippen molar-refractivity contribution in [1.29, 1.82) is 5.26 Å². The highest BCUT2D eigenvalue weighted by molar-refractivity contribution is 7.99. The second-order valence-corrected chi connectivity index (χ2v) is 5.36. The minimum atomic E-state index is -0.452. The first-order chi connectivity index (χ1) is 8.70. The number of nitrogens with zero attached hydrogens (tertiary/aromatic N) is 2. The number of nitro groups is 1. The molecule has 6 heteroatoms. The lowest BCUT2D eigenvalue weighted by Crippen LogP contribution is -2.14. The molecule has 94 valence electrons. The van der Waals surface area contributed by atoms with E-state index in [1.165, 1.54) is 11.8 Å². The Morgan fingerprint density at radius 3 is 3.06 bits per heavy atom. The Hall–Kier alpha value is -1.74.